The fourth-order valence-electron chi connectivity index (χ4n) is 2.02. The number of para-hydroxylation sites is 1. The SMILES string of the molecule is O=C(CNc1ccccc1[C@H](O)C(F)(F)F)Nc1cccc(F)c1. The van der Waals surface area contributed by atoms with E-state index < -0.39 is 24.0 Å². The molecule has 0 heterocycles. The van der Waals surface area contributed by atoms with Crippen molar-refractivity contribution in [1.82, 2.24) is 0 Å². The van der Waals surface area contributed by atoms with Gasteiger partial charge < -0.3 is 15.7 Å². The lowest BCUT2D eigenvalue weighted by atomic mass is 10.1. The third-order valence-electron chi connectivity index (χ3n) is 3.11. The predicted molar refractivity (Wildman–Crippen MR) is 81.0 cm³/mol. The van der Waals surface area contributed by atoms with Gasteiger partial charge in [0.1, 0.15) is 5.82 Å². The molecule has 0 aromatic heterocycles. The lowest BCUT2D eigenvalue weighted by Gasteiger charge is -2.19. The molecule has 0 unspecified atom stereocenters. The summed E-state index contributed by atoms with van der Waals surface area (Å²) in [5, 5.41) is 14.3. The molecule has 0 fully saturated rings. The van der Waals surface area contributed by atoms with Crippen LogP contribution in [0.15, 0.2) is 48.5 Å². The van der Waals surface area contributed by atoms with Gasteiger partial charge in [0.25, 0.3) is 0 Å². The van der Waals surface area contributed by atoms with Crippen molar-refractivity contribution in [3.05, 3.63) is 59.9 Å². The van der Waals surface area contributed by atoms with Crippen LogP contribution in [-0.2, 0) is 4.79 Å². The number of hydrogen-bond donors (Lipinski definition) is 3. The zero-order chi connectivity index (χ0) is 17.7. The minimum absolute atomic E-state index is 0.0169. The summed E-state index contributed by atoms with van der Waals surface area (Å²) in [7, 11) is 0. The highest BCUT2D eigenvalue weighted by Gasteiger charge is 2.40. The van der Waals surface area contributed by atoms with Gasteiger partial charge in [-0.3, -0.25) is 4.79 Å². The van der Waals surface area contributed by atoms with Crippen molar-refractivity contribution >= 4 is 17.3 Å². The summed E-state index contributed by atoms with van der Waals surface area (Å²) in [5.41, 5.74) is -0.175. The van der Waals surface area contributed by atoms with Gasteiger partial charge in [-0.25, -0.2) is 4.39 Å². The van der Waals surface area contributed by atoms with E-state index in [1.165, 1.54) is 36.4 Å². The number of carbonyl (C=O) groups excluding carboxylic acids is 1. The van der Waals surface area contributed by atoms with Gasteiger partial charge in [-0.2, -0.15) is 13.2 Å². The maximum Gasteiger partial charge on any atom is 0.418 e. The molecular weight excluding hydrogens is 328 g/mol. The first-order valence-electron chi connectivity index (χ1n) is 6.90. The van der Waals surface area contributed by atoms with Crippen LogP contribution >= 0.6 is 0 Å². The first-order chi connectivity index (χ1) is 11.3. The molecule has 0 bridgehead atoms. The number of benzene rings is 2. The zero-order valence-corrected chi connectivity index (χ0v) is 12.3. The molecule has 8 heteroatoms. The number of amides is 1. The van der Waals surface area contributed by atoms with Gasteiger partial charge in [-0.05, 0) is 24.3 Å². The number of aliphatic hydroxyl groups is 1. The number of alkyl halides is 3. The normalized spacial score (nSPS) is 12.5. The van der Waals surface area contributed by atoms with Crippen LogP contribution in [0.25, 0.3) is 0 Å². The van der Waals surface area contributed by atoms with Crippen LogP contribution in [-0.4, -0.2) is 23.7 Å². The molecule has 24 heavy (non-hydrogen) atoms. The molecular formula is C16H14F4N2O2. The van der Waals surface area contributed by atoms with Gasteiger partial charge in [-0.15, -0.1) is 0 Å². The first kappa shape index (κ1) is 17.7. The van der Waals surface area contributed by atoms with Crippen LogP contribution in [0.5, 0.6) is 0 Å². The van der Waals surface area contributed by atoms with Crippen molar-refractivity contribution in [3.8, 4) is 0 Å². The van der Waals surface area contributed by atoms with Crippen molar-refractivity contribution in [2.24, 2.45) is 0 Å². The minimum Gasteiger partial charge on any atom is -0.379 e. The largest absolute Gasteiger partial charge is 0.418 e. The third-order valence-corrected chi connectivity index (χ3v) is 3.11. The van der Waals surface area contributed by atoms with Gasteiger partial charge in [0.15, 0.2) is 6.10 Å². The van der Waals surface area contributed by atoms with E-state index in [0.29, 0.717) is 0 Å². The second-order valence-electron chi connectivity index (χ2n) is 4.94. The first-order valence-corrected chi connectivity index (χ1v) is 6.90. The lowest BCUT2D eigenvalue weighted by Crippen LogP contribution is -2.25. The van der Waals surface area contributed by atoms with Crippen LogP contribution in [0, 0.1) is 5.82 Å². The molecule has 2 aromatic rings. The second kappa shape index (κ2) is 7.31. The number of rotatable bonds is 5. The molecule has 0 saturated carbocycles. The maximum absolute atomic E-state index is 13.0. The van der Waals surface area contributed by atoms with Gasteiger partial charge in [0.05, 0.1) is 6.54 Å². The monoisotopic (exact) mass is 342 g/mol. The molecule has 0 aliphatic carbocycles. The molecule has 0 aliphatic heterocycles. The summed E-state index contributed by atoms with van der Waals surface area (Å²) in [4.78, 5) is 11.8. The number of carbonyl (C=O) groups is 1. The molecule has 128 valence electrons. The van der Waals surface area contributed by atoms with E-state index in [1.807, 2.05) is 0 Å². The maximum atomic E-state index is 13.0. The smallest absolute Gasteiger partial charge is 0.379 e. The van der Waals surface area contributed by atoms with Crippen molar-refractivity contribution in [1.29, 1.82) is 0 Å². The van der Waals surface area contributed by atoms with Gasteiger partial charge in [-0.1, -0.05) is 24.3 Å². The second-order valence-corrected chi connectivity index (χ2v) is 4.94. The average molecular weight is 342 g/mol. The Balaban J connectivity index is 2.03. The Kier molecular flexibility index (Phi) is 5.40. The van der Waals surface area contributed by atoms with Crippen molar-refractivity contribution in [2.45, 2.75) is 12.3 Å². The number of aliphatic hydroxyl groups excluding tert-OH is 1. The topological polar surface area (TPSA) is 61.4 Å². The Morgan fingerprint density at radius 1 is 1.12 bits per heavy atom. The Morgan fingerprint density at radius 3 is 2.50 bits per heavy atom. The summed E-state index contributed by atoms with van der Waals surface area (Å²) in [6.07, 6.45) is -7.48. The number of halogens is 4. The average Bonchev–Trinajstić information content (AvgIpc) is 2.51. The van der Waals surface area contributed by atoms with E-state index in [2.05, 4.69) is 10.6 Å². The molecule has 0 radical (unpaired) electrons. The zero-order valence-electron chi connectivity index (χ0n) is 12.3. The fourth-order valence-corrected chi connectivity index (χ4v) is 2.02. The molecule has 4 nitrogen and oxygen atoms in total. The van der Waals surface area contributed by atoms with Crippen LogP contribution < -0.4 is 10.6 Å². The van der Waals surface area contributed by atoms with Crippen LogP contribution in [0.4, 0.5) is 28.9 Å². The van der Waals surface area contributed by atoms with E-state index in [4.69, 9.17) is 0 Å². The Bertz CT molecular complexity index is 719. The molecule has 0 spiro atoms. The molecule has 2 rings (SSSR count). The summed E-state index contributed by atoms with van der Waals surface area (Å²) in [6.45, 7) is -0.349. The van der Waals surface area contributed by atoms with Crippen LogP contribution in [0.2, 0.25) is 0 Å². The summed E-state index contributed by atoms with van der Waals surface area (Å²) in [6, 6.07) is 10.5. The van der Waals surface area contributed by atoms with E-state index in [1.54, 1.807) is 0 Å². The van der Waals surface area contributed by atoms with Gasteiger partial charge in [0, 0.05) is 16.9 Å². The van der Waals surface area contributed by atoms with E-state index >= 15 is 0 Å². The van der Waals surface area contributed by atoms with Gasteiger partial charge in [0.2, 0.25) is 5.91 Å². The Labute approximate surface area is 135 Å². The highest BCUT2D eigenvalue weighted by molar-refractivity contribution is 5.93. The summed E-state index contributed by atoms with van der Waals surface area (Å²) < 4.78 is 51.0. The number of hydrogen-bond acceptors (Lipinski definition) is 3. The highest BCUT2D eigenvalue weighted by atomic mass is 19.4. The molecule has 1 amide bonds. The molecule has 0 saturated heterocycles. The fraction of sp³-hybridized carbons (Fsp3) is 0.188. The lowest BCUT2D eigenvalue weighted by molar-refractivity contribution is -0.206. The highest BCUT2D eigenvalue weighted by Crippen LogP contribution is 2.35. The minimum atomic E-state index is -4.82. The molecule has 3 N–H and O–H groups in total. The molecule has 1 atom stereocenters. The Hall–Kier alpha value is -2.61. The quantitative estimate of drug-likeness (QED) is 0.729. The van der Waals surface area contributed by atoms with E-state index in [-0.39, 0.29) is 23.5 Å². The standard InChI is InChI=1S/C16H14F4N2O2/c17-10-4-3-5-11(8-10)22-14(23)9-21-13-7-2-1-6-12(13)15(24)16(18,19)20/h1-8,15,21,24H,9H2,(H,22,23)/t15-/m0/s1. The Morgan fingerprint density at radius 2 is 1.83 bits per heavy atom. The van der Waals surface area contributed by atoms with Gasteiger partial charge >= 0.3 is 6.18 Å². The summed E-state index contributed by atoms with van der Waals surface area (Å²) >= 11 is 0. The van der Waals surface area contributed by atoms with E-state index in [9.17, 15) is 27.5 Å². The number of nitrogens with one attached hydrogen (secondary N) is 2. The number of anilines is 2. The molecule has 2 aromatic carbocycles. The van der Waals surface area contributed by atoms with Crippen molar-refractivity contribution in [3.63, 3.8) is 0 Å². The van der Waals surface area contributed by atoms with E-state index in [0.717, 1.165) is 12.1 Å². The van der Waals surface area contributed by atoms with Crippen molar-refractivity contribution < 1.29 is 27.5 Å². The van der Waals surface area contributed by atoms with Crippen LogP contribution in [0.3, 0.4) is 0 Å². The van der Waals surface area contributed by atoms with Crippen molar-refractivity contribution in [2.75, 3.05) is 17.2 Å². The summed E-state index contributed by atoms with van der Waals surface area (Å²) in [5.74, 6) is -1.10. The third kappa shape index (κ3) is 4.69. The molecule has 0 aliphatic rings. The van der Waals surface area contributed by atoms with Crippen LogP contribution in [0.1, 0.15) is 11.7 Å². The predicted octanol–water partition coefficient (Wildman–Crippen LogP) is 3.47.